The van der Waals surface area contributed by atoms with E-state index in [0.717, 1.165) is 0 Å². The van der Waals surface area contributed by atoms with Crippen LogP contribution in [0.5, 0.6) is 0 Å². The van der Waals surface area contributed by atoms with Gasteiger partial charge in [-0.05, 0) is 0 Å². The van der Waals surface area contributed by atoms with Crippen molar-refractivity contribution in [1.29, 1.82) is 0 Å². The molecule has 0 heterocycles. The van der Waals surface area contributed by atoms with Gasteiger partial charge in [0, 0.05) is 0 Å². The molecule has 0 amide bonds. The second kappa shape index (κ2) is 29.6. The minimum atomic E-state index is 0. The van der Waals surface area contributed by atoms with E-state index in [9.17, 15) is 0 Å². The Bertz CT molecular complexity index is 11.6. The standard InChI is InChI=1S/ClH.H3N.Na.H2O.H/h1H;1H3;;1H2;/q;;+1;;-1. The number of halogens is 1. The topological polar surface area (TPSA) is 66.5 Å². The molecule has 0 radical (unpaired) electrons. The molecule has 2 nitrogen and oxygen atoms in total. The molecule has 0 aliphatic heterocycles. The zero-order valence-electron chi connectivity index (χ0n) is 3.62. The normalized spacial score (nSPS) is 0. The van der Waals surface area contributed by atoms with E-state index in [0.29, 0.717) is 0 Å². The van der Waals surface area contributed by atoms with Crippen molar-refractivity contribution in [2.75, 3.05) is 0 Å². The SMILES string of the molecule is Cl.N.O.[H-].[Na+]. The van der Waals surface area contributed by atoms with Crippen LogP contribution in [-0.2, 0) is 0 Å². The second-order valence-corrected chi connectivity index (χ2v) is 0. The van der Waals surface area contributed by atoms with Gasteiger partial charge in [0.15, 0.2) is 0 Å². The number of hydrogen-bond acceptors (Lipinski definition) is 1. The first-order valence-corrected chi connectivity index (χ1v) is 0. The van der Waals surface area contributed by atoms with Crippen LogP contribution in [0, 0.1) is 0 Å². The average Bonchev–Trinajstić information content (AvgIpc) is 0. The van der Waals surface area contributed by atoms with Gasteiger partial charge in [-0.3, -0.25) is 0 Å². The van der Waals surface area contributed by atoms with Crippen LogP contribution in [0.2, 0.25) is 0 Å². The molecular weight excluding hydrogens is 88.4 g/mol. The number of hydrogen-bond donors (Lipinski definition) is 1. The van der Waals surface area contributed by atoms with E-state index in [4.69, 9.17) is 0 Å². The summed E-state index contributed by atoms with van der Waals surface area (Å²) in [6, 6.07) is 0. The molecule has 0 aromatic carbocycles. The Morgan fingerprint density at radius 2 is 1.25 bits per heavy atom. The van der Waals surface area contributed by atoms with Crippen LogP contribution in [0.25, 0.3) is 0 Å². The van der Waals surface area contributed by atoms with E-state index in [1.165, 1.54) is 0 Å². The third-order valence-corrected chi connectivity index (χ3v) is 0. The van der Waals surface area contributed by atoms with Crippen LogP contribution < -0.4 is 35.7 Å². The molecule has 0 aliphatic rings. The first-order chi connectivity index (χ1) is 0. The predicted octanol–water partition coefficient (Wildman–Crippen LogP) is -3.12. The Morgan fingerprint density at radius 3 is 1.25 bits per heavy atom. The van der Waals surface area contributed by atoms with Gasteiger partial charge in [0.2, 0.25) is 0 Å². The Morgan fingerprint density at radius 1 is 1.25 bits per heavy atom. The van der Waals surface area contributed by atoms with Gasteiger partial charge >= 0.3 is 29.6 Å². The summed E-state index contributed by atoms with van der Waals surface area (Å²) in [5, 5.41) is 0. The summed E-state index contributed by atoms with van der Waals surface area (Å²) in [4.78, 5) is 0. The molecule has 0 rings (SSSR count). The van der Waals surface area contributed by atoms with Gasteiger partial charge in [0.05, 0.1) is 0 Å². The van der Waals surface area contributed by atoms with E-state index in [1.54, 1.807) is 0 Å². The van der Waals surface area contributed by atoms with Crippen molar-refractivity contribution in [1.82, 2.24) is 6.15 Å². The molecule has 4 heavy (non-hydrogen) atoms. The average molecular weight is 95.5 g/mol. The molecule has 26 valence electrons. The maximum absolute atomic E-state index is 0. The zero-order chi connectivity index (χ0) is 0. The van der Waals surface area contributed by atoms with Crippen LogP contribution in [0.4, 0.5) is 0 Å². The molecule has 5 N–H and O–H groups in total. The van der Waals surface area contributed by atoms with Crippen molar-refractivity contribution < 1.29 is 36.5 Å². The van der Waals surface area contributed by atoms with Gasteiger partial charge in [-0.2, -0.15) is 0 Å². The van der Waals surface area contributed by atoms with Crippen LogP contribution in [-0.4, -0.2) is 5.48 Å². The van der Waals surface area contributed by atoms with E-state index < -0.39 is 0 Å². The fraction of sp³-hybridized carbons (Fsp3) is 0. The van der Waals surface area contributed by atoms with Gasteiger partial charge in [0.1, 0.15) is 0 Å². The predicted molar refractivity (Wildman–Crippen MR) is 17.0 cm³/mol. The summed E-state index contributed by atoms with van der Waals surface area (Å²) in [6.45, 7) is 0. The summed E-state index contributed by atoms with van der Waals surface area (Å²) in [6.07, 6.45) is 0. The molecule has 0 bridgehead atoms. The maximum Gasteiger partial charge on any atom is 1.00 e. The summed E-state index contributed by atoms with van der Waals surface area (Å²) < 4.78 is 0. The van der Waals surface area contributed by atoms with E-state index >= 15 is 0 Å². The van der Waals surface area contributed by atoms with Crippen molar-refractivity contribution in [2.24, 2.45) is 0 Å². The smallest absolute Gasteiger partial charge is 1.00 e. The summed E-state index contributed by atoms with van der Waals surface area (Å²) in [5.41, 5.74) is 0. The van der Waals surface area contributed by atoms with Crippen molar-refractivity contribution in [3.05, 3.63) is 0 Å². The largest absolute Gasteiger partial charge is 1.00 e. The molecule has 0 unspecified atom stereocenters. The van der Waals surface area contributed by atoms with E-state index in [2.05, 4.69) is 0 Å². The molecule has 0 fully saturated rings. The number of rotatable bonds is 0. The first kappa shape index (κ1) is 63.1. The van der Waals surface area contributed by atoms with Gasteiger partial charge < -0.3 is 13.1 Å². The first-order valence-electron chi connectivity index (χ1n) is 0. The fourth-order valence-corrected chi connectivity index (χ4v) is 0. The molecule has 0 atom stereocenters. The fourth-order valence-electron chi connectivity index (χ4n) is 0. The summed E-state index contributed by atoms with van der Waals surface area (Å²) in [5.74, 6) is 0. The zero-order valence-corrected chi connectivity index (χ0v) is 5.43. The molecule has 0 aromatic heterocycles. The Labute approximate surface area is 55.0 Å². The Balaban J connectivity index is 0. The molecule has 4 heteroatoms. The second-order valence-electron chi connectivity index (χ2n) is 0. The quantitative estimate of drug-likeness (QED) is 0.318. The van der Waals surface area contributed by atoms with Gasteiger partial charge in [-0.1, -0.05) is 0 Å². The monoisotopic (exact) mass is 95.0 g/mol. The molecule has 0 aromatic rings. The van der Waals surface area contributed by atoms with Crippen molar-refractivity contribution >= 4 is 12.4 Å². The van der Waals surface area contributed by atoms with Gasteiger partial charge in [0.25, 0.3) is 0 Å². The van der Waals surface area contributed by atoms with Crippen LogP contribution in [0.3, 0.4) is 0 Å². The maximum atomic E-state index is 0. The summed E-state index contributed by atoms with van der Waals surface area (Å²) in [7, 11) is 0. The van der Waals surface area contributed by atoms with Crippen molar-refractivity contribution in [3.8, 4) is 0 Å². The third-order valence-electron chi connectivity index (χ3n) is 0. The molecule has 0 saturated carbocycles. The molecular formula is H7ClNNaO. The Hall–Kier alpha value is 1.21. The van der Waals surface area contributed by atoms with Gasteiger partial charge in [-0.25, -0.2) is 0 Å². The van der Waals surface area contributed by atoms with Crippen LogP contribution >= 0.6 is 12.4 Å². The van der Waals surface area contributed by atoms with Crippen molar-refractivity contribution in [3.63, 3.8) is 0 Å². The third kappa shape index (κ3) is 10.7. The van der Waals surface area contributed by atoms with E-state index in [-0.39, 0.29) is 55.0 Å². The van der Waals surface area contributed by atoms with E-state index in [1.807, 2.05) is 0 Å². The van der Waals surface area contributed by atoms with Crippen molar-refractivity contribution in [2.45, 2.75) is 0 Å². The minimum Gasteiger partial charge on any atom is -1.00 e. The molecule has 0 saturated heterocycles. The Kier molecular flexibility index (Phi) is 467. The van der Waals surface area contributed by atoms with Gasteiger partial charge in [-0.15, -0.1) is 12.4 Å². The van der Waals surface area contributed by atoms with Crippen LogP contribution in [0.15, 0.2) is 0 Å². The molecule has 0 spiro atoms. The summed E-state index contributed by atoms with van der Waals surface area (Å²) >= 11 is 0. The minimum absolute atomic E-state index is 0. The molecule has 0 aliphatic carbocycles. The van der Waals surface area contributed by atoms with Crippen LogP contribution in [0.1, 0.15) is 1.43 Å².